The van der Waals surface area contributed by atoms with Crippen molar-refractivity contribution in [1.82, 2.24) is 9.59 Å². The van der Waals surface area contributed by atoms with Gasteiger partial charge in [-0.15, -0.1) is 5.10 Å². The molecule has 0 fully saturated rings. The number of anilines is 1. The highest BCUT2D eigenvalue weighted by atomic mass is 35.5. The molecule has 2 rings (SSSR count). The fourth-order valence-corrected chi connectivity index (χ4v) is 2.67. The third kappa shape index (κ3) is 3.20. The van der Waals surface area contributed by atoms with Crippen molar-refractivity contribution in [2.45, 2.75) is 19.8 Å². The van der Waals surface area contributed by atoms with E-state index >= 15 is 0 Å². The van der Waals surface area contributed by atoms with E-state index in [9.17, 15) is 9.59 Å². The van der Waals surface area contributed by atoms with E-state index in [1.54, 1.807) is 0 Å². The summed E-state index contributed by atoms with van der Waals surface area (Å²) in [5.74, 6) is -1.60. The fraction of sp³-hybridized carbons (Fsp3) is 0.231. The smallest absolute Gasteiger partial charge is 0.337 e. The molecule has 21 heavy (non-hydrogen) atoms. The zero-order valence-electron chi connectivity index (χ0n) is 11.3. The van der Waals surface area contributed by atoms with E-state index in [0.717, 1.165) is 11.5 Å². The van der Waals surface area contributed by atoms with Gasteiger partial charge in [0.15, 0.2) is 0 Å². The summed E-state index contributed by atoms with van der Waals surface area (Å²) < 4.78 is 3.77. The molecule has 1 aromatic carbocycles. The zero-order chi connectivity index (χ0) is 15.6. The van der Waals surface area contributed by atoms with Gasteiger partial charge in [-0.25, -0.2) is 4.79 Å². The van der Waals surface area contributed by atoms with Gasteiger partial charge in [-0.3, -0.25) is 4.79 Å². The van der Waals surface area contributed by atoms with Crippen molar-refractivity contribution in [2.75, 3.05) is 5.32 Å². The number of carbonyl (C=O) groups is 2. The summed E-state index contributed by atoms with van der Waals surface area (Å²) in [7, 11) is 0. The van der Waals surface area contributed by atoms with Gasteiger partial charge >= 0.3 is 5.97 Å². The van der Waals surface area contributed by atoms with Crippen LogP contribution in [0.25, 0.3) is 0 Å². The van der Waals surface area contributed by atoms with Crippen molar-refractivity contribution >= 4 is 40.7 Å². The lowest BCUT2D eigenvalue weighted by molar-refractivity contribution is 0.0698. The van der Waals surface area contributed by atoms with Gasteiger partial charge in [0.05, 0.1) is 22.0 Å². The molecule has 1 amide bonds. The SMILES string of the molecule is CC(C)c1nnsc1C(=O)Nc1c(Cl)cccc1C(=O)O. The zero-order valence-corrected chi connectivity index (χ0v) is 12.8. The van der Waals surface area contributed by atoms with Crippen molar-refractivity contribution in [3.8, 4) is 0 Å². The van der Waals surface area contributed by atoms with Crippen LogP contribution in [-0.2, 0) is 0 Å². The van der Waals surface area contributed by atoms with Crippen molar-refractivity contribution in [2.24, 2.45) is 0 Å². The normalized spacial score (nSPS) is 10.7. The first-order chi connectivity index (χ1) is 9.91. The molecule has 0 saturated heterocycles. The average molecular weight is 326 g/mol. The predicted molar refractivity (Wildman–Crippen MR) is 80.4 cm³/mol. The molecule has 1 heterocycles. The number of rotatable bonds is 4. The number of nitrogens with one attached hydrogen (secondary N) is 1. The largest absolute Gasteiger partial charge is 0.478 e. The summed E-state index contributed by atoms with van der Waals surface area (Å²) >= 11 is 6.94. The predicted octanol–water partition coefficient (Wildman–Crippen LogP) is 3.27. The molecule has 110 valence electrons. The van der Waals surface area contributed by atoms with E-state index in [0.29, 0.717) is 10.6 Å². The fourth-order valence-electron chi connectivity index (χ4n) is 1.73. The number of para-hydroxylation sites is 1. The number of aromatic carboxylic acids is 1. The Labute approximate surface area is 129 Å². The molecule has 0 spiro atoms. The molecule has 0 aliphatic rings. The highest BCUT2D eigenvalue weighted by molar-refractivity contribution is 7.08. The number of carboxylic acids is 1. The molecule has 0 aliphatic heterocycles. The van der Waals surface area contributed by atoms with E-state index in [1.807, 2.05) is 13.8 Å². The standard InChI is InChI=1S/C13H12ClN3O3S/c1-6(2)9-11(21-17-16-9)12(18)15-10-7(13(19)20)4-3-5-8(10)14/h3-6H,1-2H3,(H,15,18)(H,19,20). The molecule has 2 aromatic rings. The van der Waals surface area contributed by atoms with Crippen LogP contribution in [-0.4, -0.2) is 26.6 Å². The van der Waals surface area contributed by atoms with Gasteiger partial charge in [-0.1, -0.05) is 36.0 Å². The first kappa shape index (κ1) is 15.4. The molecule has 0 unspecified atom stereocenters. The molecule has 8 heteroatoms. The molecular formula is C13H12ClN3O3S. The van der Waals surface area contributed by atoms with Crippen molar-refractivity contribution < 1.29 is 14.7 Å². The van der Waals surface area contributed by atoms with Crippen LogP contribution in [0.1, 0.15) is 45.5 Å². The number of carboxylic acid groups (broad SMARTS) is 1. The Morgan fingerprint density at radius 2 is 2.10 bits per heavy atom. The van der Waals surface area contributed by atoms with Gasteiger partial charge in [0.25, 0.3) is 5.91 Å². The Morgan fingerprint density at radius 1 is 1.38 bits per heavy atom. The molecule has 0 saturated carbocycles. The number of carbonyl (C=O) groups excluding carboxylic acids is 1. The van der Waals surface area contributed by atoms with Crippen LogP contribution in [0.5, 0.6) is 0 Å². The Morgan fingerprint density at radius 3 is 2.71 bits per heavy atom. The lowest BCUT2D eigenvalue weighted by atomic mass is 10.1. The topological polar surface area (TPSA) is 92.2 Å². The van der Waals surface area contributed by atoms with Crippen molar-refractivity contribution in [3.63, 3.8) is 0 Å². The van der Waals surface area contributed by atoms with E-state index in [2.05, 4.69) is 14.9 Å². The number of nitrogens with zero attached hydrogens (tertiary/aromatic N) is 2. The van der Waals surface area contributed by atoms with Gasteiger partial charge in [0.1, 0.15) is 4.88 Å². The van der Waals surface area contributed by atoms with Crippen molar-refractivity contribution in [3.05, 3.63) is 39.4 Å². The van der Waals surface area contributed by atoms with Crippen LogP contribution >= 0.6 is 23.1 Å². The molecule has 0 atom stereocenters. The summed E-state index contributed by atoms with van der Waals surface area (Å²) in [5.41, 5.74) is 0.570. The Hall–Kier alpha value is -1.99. The first-order valence-corrected chi connectivity index (χ1v) is 7.22. The van der Waals surface area contributed by atoms with E-state index in [1.165, 1.54) is 18.2 Å². The highest BCUT2D eigenvalue weighted by Crippen LogP contribution is 2.28. The average Bonchev–Trinajstić information content (AvgIpc) is 2.90. The maximum Gasteiger partial charge on any atom is 0.337 e. The minimum Gasteiger partial charge on any atom is -0.478 e. The van der Waals surface area contributed by atoms with Crippen LogP contribution in [0.2, 0.25) is 5.02 Å². The third-order valence-electron chi connectivity index (χ3n) is 2.75. The van der Waals surface area contributed by atoms with Gasteiger partial charge in [0.2, 0.25) is 0 Å². The van der Waals surface area contributed by atoms with E-state index in [4.69, 9.17) is 16.7 Å². The summed E-state index contributed by atoms with van der Waals surface area (Å²) in [5, 5.41) is 15.8. The summed E-state index contributed by atoms with van der Waals surface area (Å²) in [4.78, 5) is 23.8. The van der Waals surface area contributed by atoms with E-state index < -0.39 is 11.9 Å². The lowest BCUT2D eigenvalue weighted by Crippen LogP contribution is -2.16. The number of aromatic nitrogens is 2. The summed E-state index contributed by atoms with van der Waals surface area (Å²) in [6.07, 6.45) is 0. The molecule has 0 bridgehead atoms. The maximum absolute atomic E-state index is 12.3. The van der Waals surface area contributed by atoms with Crippen LogP contribution < -0.4 is 5.32 Å². The van der Waals surface area contributed by atoms with Crippen LogP contribution in [0, 0.1) is 0 Å². The van der Waals surface area contributed by atoms with Crippen LogP contribution in [0.3, 0.4) is 0 Å². The summed E-state index contributed by atoms with van der Waals surface area (Å²) in [6.45, 7) is 3.79. The van der Waals surface area contributed by atoms with Gasteiger partial charge in [-0.05, 0) is 29.6 Å². The number of amides is 1. The number of hydrogen-bond donors (Lipinski definition) is 2. The molecular weight excluding hydrogens is 314 g/mol. The number of benzene rings is 1. The van der Waals surface area contributed by atoms with Crippen LogP contribution in [0.4, 0.5) is 5.69 Å². The molecule has 2 N–H and O–H groups in total. The molecule has 0 aliphatic carbocycles. The third-order valence-corrected chi connectivity index (χ3v) is 3.80. The van der Waals surface area contributed by atoms with Crippen LogP contribution in [0.15, 0.2) is 18.2 Å². The second-order valence-electron chi connectivity index (χ2n) is 4.56. The molecule has 0 radical (unpaired) electrons. The van der Waals surface area contributed by atoms with Gasteiger partial charge < -0.3 is 10.4 Å². The minimum atomic E-state index is -1.17. The second kappa shape index (κ2) is 6.19. The Bertz CT molecular complexity index is 700. The first-order valence-electron chi connectivity index (χ1n) is 6.07. The number of halogens is 1. The lowest BCUT2D eigenvalue weighted by Gasteiger charge is -2.10. The Kier molecular flexibility index (Phi) is 4.54. The van der Waals surface area contributed by atoms with Gasteiger partial charge in [0, 0.05) is 0 Å². The van der Waals surface area contributed by atoms with E-state index in [-0.39, 0.29) is 22.2 Å². The maximum atomic E-state index is 12.3. The minimum absolute atomic E-state index is 0.0367. The second-order valence-corrected chi connectivity index (χ2v) is 5.72. The quantitative estimate of drug-likeness (QED) is 0.900. The Balaban J connectivity index is 2.36. The summed E-state index contributed by atoms with van der Waals surface area (Å²) in [6, 6.07) is 4.39. The number of hydrogen-bond acceptors (Lipinski definition) is 5. The molecule has 6 nitrogen and oxygen atoms in total. The van der Waals surface area contributed by atoms with Crippen molar-refractivity contribution in [1.29, 1.82) is 0 Å². The van der Waals surface area contributed by atoms with Gasteiger partial charge in [-0.2, -0.15) is 0 Å². The monoisotopic (exact) mass is 325 g/mol. The highest BCUT2D eigenvalue weighted by Gasteiger charge is 2.22. The molecule has 1 aromatic heterocycles.